The number of nitrogens with one attached hydrogen (secondary N) is 7. The van der Waals surface area contributed by atoms with Crippen LogP contribution in [0, 0.1) is 5.92 Å². The number of halogens is 1. The van der Waals surface area contributed by atoms with Gasteiger partial charge in [-0.3, -0.25) is 33.6 Å². The van der Waals surface area contributed by atoms with Gasteiger partial charge >= 0.3 is 5.97 Å². The Hall–Kier alpha value is -9.65. The number of likely N-dealkylation sites (N-methyl/N-ethyl adjacent to an activating group) is 1. The third-order valence-electron chi connectivity index (χ3n) is 25.2. The number of primary amides is 1. The molecule has 3 saturated heterocycles. The number of amides is 7. The van der Waals surface area contributed by atoms with Gasteiger partial charge in [-0.25, -0.2) is 4.79 Å². The highest BCUT2D eigenvalue weighted by Gasteiger charge is 2.53. The van der Waals surface area contributed by atoms with Crippen LogP contribution in [0.3, 0.4) is 0 Å². The van der Waals surface area contributed by atoms with Crippen LogP contribution in [0.2, 0.25) is 5.02 Å². The fraction of sp³-hybridized carbons (Fsp3) is 0.591. The molecule has 0 aromatic heterocycles. The van der Waals surface area contributed by atoms with E-state index >= 15 is 24.0 Å². The number of fused-ring (bicyclic) bond motifs is 14. The fourth-order valence-corrected chi connectivity index (χ4v) is 18.0. The number of hydrogen-bond acceptors (Lipinski definition) is 29. The normalized spacial score (nSPS) is 29.0. The summed E-state index contributed by atoms with van der Waals surface area (Å²) >= 11 is 7.23. The maximum Gasteiger partial charge on any atom is 0.330 e. The first-order valence-electron chi connectivity index (χ1n) is 45.3. The molecule has 720 valence electrons. The molecule has 0 aliphatic carbocycles. The zero-order valence-corrected chi connectivity index (χ0v) is 76.2. The molecule has 8 heterocycles. The number of carboxylic acid groups (broad SMARTS) is 1. The van der Waals surface area contributed by atoms with E-state index in [1.807, 2.05) is 13.8 Å². The minimum Gasteiger partial charge on any atom is -0.507 e. The summed E-state index contributed by atoms with van der Waals surface area (Å²) in [4.78, 5) is 125. The number of carbonyl (C=O) groups is 8. The van der Waals surface area contributed by atoms with Crippen LogP contribution >= 0.6 is 11.6 Å². The molecule has 9 bridgehead atoms. The van der Waals surface area contributed by atoms with Gasteiger partial charge in [0, 0.05) is 47.2 Å². The fourth-order valence-electron chi connectivity index (χ4n) is 17.8. The van der Waals surface area contributed by atoms with Crippen LogP contribution in [0.15, 0.2) is 78.9 Å². The van der Waals surface area contributed by atoms with E-state index in [9.17, 15) is 65.4 Å². The molecule has 3 fully saturated rings. The van der Waals surface area contributed by atoms with Crippen LogP contribution < -0.4 is 68.6 Å². The molecule has 13 rings (SSSR count). The minimum atomic E-state index is -2.41. The molecular weight excluding hydrogens is 1720 g/mol. The summed E-state index contributed by atoms with van der Waals surface area (Å²) in [6, 6.07) is 0.939. The van der Waals surface area contributed by atoms with Crippen molar-refractivity contribution in [2.75, 3.05) is 27.2 Å². The van der Waals surface area contributed by atoms with Crippen LogP contribution in [0.5, 0.6) is 46.0 Å². The Morgan fingerprint density at radius 2 is 1.21 bits per heavy atom. The Labute approximate surface area is 766 Å². The number of ether oxygens (including phenoxy) is 8. The maximum atomic E-state index is 16.9. The van der Waals surface area contributed by atoms with Gasteiger partial charge in [0.2, 0.25) is 53.4 Å². The molecule has 37 nitrogen and oxygen atoms in total. The second-order valence-corrected chi connectivity index (χ2v) is 36.8. The Morgan fingerprint density at radius 1 is 0.634 bits per heavy atom. The smallest absolute Gasteiger partial charge is 0.330 e. The summed E-state index contributed by atoms with van der Waals surface area (Å²) in [5.74, 6) is -15.7. The number of phenols is 3. The number of rotatable bonds is 34. The number of aromatic hydroxyl groups is 3. The lowest BCUT2D eigenvalue weighted by Crippen LogP contribution is -2.64. The van der Waals surface area contributed by atoms with Gasteiger partial charge in [-0.05, 0) is 138 Å². The van der Waals surface area contributed by atoms with E-state index in [1.165, 1.54) is 147 Å². The van der Waals surface area contributed by atoms with Crippen molar-refractivity contribution in [2.24, 2.45) is 23.1 Å². The van der Waals surface area contributed by atoms with E-state index in [0.717, 1.165) is 62.4 Å². The van der Waals surface area contributed by atoms with Crippen molar-refractivity contribution >= 4 is 58.9 Å². The van der Waals surface area contributed by atoms with Gasteiger partial charge in [0.15, 0.2) is 36.2 Å². The Bertz CT molecular complexity index is 4820. The SMILES string of the molecule is CCCCCCCCCCCCCCCCCCN(C)Cc1c(O)cc2c(c1O)-c1c(O)cccc1C1NC(=O)C3NC(=O)C(CC(N)=O)NC(=O)C(NC(=O)C(CC(C)C)NC)C(O)c4ccc(c(Cl)c4)Oc4cc3cc(c4OC3OC(CO)C(O)C(O)C3OC3CC(C)(N)C(O)C(C)O3)Oc3ccc(cc3)C(OC3CC(C)(N)C(O)C(C)O3)C(NC1=O)C(=O)NC2C(=O)O. The number of carboxylic acids is 1. The van der Waals surface area contributed by atoms with Crippen molar-refractivity contribution in [3.8, 4) is 57.1 Å². The third-order valence-corrected chi connectivity index (χ3v) is 25.5. The van der Waals surface area contributed by atoms with Crippen molar-refractivity contribution in [3.05, 3.63) is 117 Å². The first-order chi connectivity index (χ1) is 62.2. The maximum absolute atomic E-state index is 16.9. The second-order valence-electron chi connectivity index (χ2n) is 36.4. The number of aliphatic hydroxyl groups is 6. The lowest BCUT2D eigenvalue weighted by molar-refractivity contribution is -0.333. The number of hydrogen-bond donors (Lipinski definition) is 20. The molecule has 8 aliphatic rings. The van der Waals surface area contributed by atoms with E-state index in [0.29, 0.717) is 13.0 Å². The lowest BCUT2D eigenvalue weighted by Gasteiger charge is -2.47. The van der Waals surface area contributed by atoms with Gasteiger partial charge in [0.05, 0.1) is 54.1 Å². The van der Waals surface area contributed by atoms with Crippen LogP contribution in [-0.2, 0) is 68.6 Å². The molecule has 0 radical (unpaired) electrons. The molecular formula is C93H130ClN11O26. The minimum absolute atomic E-state index is 0.0399. The van der Waals surface area contributed by atoms with Crippen LogP contribution in [0.4, 0.5) is 0 Å². The topological polar surface area (TPSA) is 578 Å². The van der Waals surface area contributed by atoms with Crippen LogP contribution in [-0.4, -0.2) is 233 Å². The molecule has 5 aromatic carbocycles. The zero-order valence-electron chi connectivity index (χ0n) is 75.5. The third kappa shape index (κ3) is 25.1. The molecule has 22 unspecified atom stereocenters. The summed E-state index contributed by atoms with van der Waals surface area (Å²) in [7, 11) is 3.21. The zero-order chi connectivity index (χ0) is 95.2. The number of nitrogens with zero attached hydrogens (tertiary/aromatic N) is 1. The molecule has 8 aliphatic heterocycles. The van der Waals surface area contributed by atoms with E-state index < -0.39 is 256 Å². The number of carbonyl (C=O) groups excluding carboxylic acids is 7. The number of unbranched alkanes of at least 4 members (excludes halogenated alkanes) is 15. The molecule has 22 atom stereocenters. The number of phenolic OH excluding ortho intramolecular Hbond substituents is 3. The largest absolute Gasteiger partial charge is 0.507 e. The first-order valence-corrected chi connectivity index (χ1v) is 45.7. The predicted molar refractivity (Wildman–Crippen MR) is 477 cm³/mol. The van der Waals surface area contributed by atoms with Gasteiger partial charge in [-0.2, -0.15) is 0 Å². The van der Waals surface area contributed by atoms with E-state index in [4.69, 9.17) is 66.7 Å². The standard InChI is InChI=1S/C93H130ClN11O26/c1-10-11-12-13-14-15-16-17-18-19-20-21-22-23-24-25-35-105(9)44-55-60(108)40-54-69(76(55)111)68-53(27-26-28-59(68)107)71-87(119)104-74(89(121)102-72(54)90(122)123)79(129-66-42-92(6,96)82(114)47(4)124-66)49-29-32-52(33-30-49)126-62-38-51-39-63(80(62)131-91-81(78(113)77(112)64(45-106)128-91)130-67-43-93(7,97)83(115)48(5)125-67)127-61-34-31-50(37-56(61)94)75(110)73(103-84(116)57(98-8)36-46(2)3)88(120)99-58(41-65(95)109)85(117)100-70(51)86(118)101-71/h26-34,37-40,46-48,57-58,64,66-67,70-75,77-79,81-83,91,98,106-108,110-115H,10-25,35-36,41-45,96-97H2,1-9H3,(H2,95,109)(H,99,120)(H,100,117)(H,101,118)(H,102,121)(H,103,116)(H,104,119)(H,122,123). The average molecular weight is 1850 g/mol. The second kappa shape index (κ2) is 45.4. The van der Waals surface area contributed by atoms with E-state index in [1.54, 1.807) is 11.9 Å². The Morgan fingerprint density at radius 3 is 1.77 bits per heavy atom. The summed E-state index contributed by atoms with van der Waals surface area (Å²) in [6.07, 6.45) is -4.37. The van der Waals surface area contributed by atoms with Crippen LogP contribution in [0.25, 0.3) is 11.1 Å². The summed E-state index contributed by atoms with van der Waals surface area (Å²) < 4.78 is 52.4. The molecule has 0 spiro atoms. The Kier molecular flexibility index (Phi) is 35.3. The number of aliphatic hydroxyl groups excluding tert-OH is 6. The highest BCUT2D eigenvalue weighted by molar-refractivity contribution is 6.32. The first kappa shape index (κ1) is 102. The van der Waals surface area contributed by atoms with E-state index in [2.05, 4.69) is 44.1 Å². The summed E-state index contributed by atoms with van der Waals surface area (Å²) in [5, 5.41) is 137. The van der Waals surface area contributed by atoms with Crippen molar-refractivity contribution < 1.29 is 127 Å². The molecule has 23 N–H and O–H groups in total. The number of nitrogens with two attached hydrogens (primary N) is 3. The monoisotopic (exact) mass is 1850 g/mol. The highest BCUT2D eigenvalue weighted by Crippen LogP contribution is 2.52. The summed E-state index contributed by atoms with van der Waals surface area (Å²) in [6.45, 7) is 11.1. The molecule has 38 heteroatoms. The number of benzene rings is 5. The molecule has 5 aromatic rings. The Balaban J connectivity index is 1.11. The highest BCUT2D eigenvalue weighted by atomic mass is 35.5. The predicted octanol–water partition coefficient (Wildman–Crippen LogP) is 6.38. The van der Waals surface area contributed by atoms with Crippen molar-refractivity contribution in [3.63, 3.8) is 0 Å². The molecule has 131 heavy (non-hydrogen) atoms. The van der Waals surface area contributed by atoms with E-state index in [-0.39, 0.29) is 64.9 Å². The van der Waals surface area contributed by atoms with Gasteiger partial charge in [0.1, 0.15) is 89.5 Å². The van der Waals surface area contributed by atoms with Crippen molar-refractivity contribution in [1.82, 2.24) is 42.1 Å². The van der Waals surface area contributed by atoms with Gasteiger partial charge in [-0.1, -0.05) is 159 Å². The van der Waals surface area contributed by atoms with Crippen molar-refractivity contribution in [2.45, 2.75) is 317 Å². The summed E-state index contributed by atoms with van der Waals surface area (Å²) in [5.41, 5.74) is 13.2. The molecule has 0 saturated carbocycles. The van der Waals surface area contributed by atoms with Gasteiger partial charge in [-0.15, -0.1) is 0 Å². The average Bonchev–Trinajstić information content (AvgIpc) is 1.71. The van der Waals surface area contributed by atoms with Crippen molar-refractivity contribution in [1.29, 1.82) is 0 Å². The van der Waals surface area contributed by atoms with Crippen LogP contribution in [0.1, 0.15) is 241 Å². The number of aliphatic carboxylic acids is 1. The molecule has 7 amide bonds. The lowest BCUT2D eigenvalue weighted by atomic mass is 9.85. The van der Waals surface area contributed by atoms with Gasteiger partial charge < -0.3 is 148 Å². The quantitative estimate of drug-likeness (QED) is 0.0198. The van der Waals surface area contributed by atoms with Gasteiger partial charge in [0.25, 0.3) is 0 Å².